The molecule has 4 nitrogen and oxygen atoms in total. The van der Waals surface area contributed by atoms with Gasteiger partial charge in [-0.15, -0.1) is 0 Å². The first-order chi connectivity index (χ1) is 10.6. The summed E-state index contributed by atoms with van der Waals surface area (Å²) in [6.45, 7) is 5.06. The second kappa shape index (κ2) is 6.69. The lowest BCUT2D eigenvalue weighted by Crippen LogP contribution is -2.51. The van der Waals surface area contributed by atoms with Crippen LogP contribution in [-0.4, -0.2) is 49.8 Å². The Balaban J connectivity index is 1.65. The van der Waals surface area contributed by atoms with Gasteiger partial charge >= 0.3 is 0 Å². The lowest BCUT2D eigenvalue weighted by atomic mass is 10.2. The number of rotatable bonds is 4. The molecule has 0 atom stereocenters. The van der Waals surface area contributed by atoms with E-state index in [1.54, 1.807) is 16.4 Å². The maximum absolute atomic E-state index is 12.7. The smallest absolute Gasteiger partial charge is 0.243 e. The van der Waals surface area contributed by atoms with Gasteiger partial charge in [-0.25, -0.2) is 8.42 Å². The zero-order chi connectivity index (χ0) is 15.6. The highest BCUT2D eigenvalue weighted by atomic mass is 32.2. The van der Waals surface area contributed by atoms with Gasteiger partial charge in [0.1, 0.15) is 0 Å². The minimum absolute atomic E-state index is 0.430. The zero-order valence-corrected chi connectivity index (χ0v) is 14.2. The molecule has 0 radical (unpaired) electrons. The molecule has 5 heteroatoms. The van der Waals surface area contributed by atoms with Gasteiger partial charge in [-0.3, -0.25) is 4.90 Å². The molecule has 1 saturated heterocycles. The molecule has 1 aliphatic heterocycles. The number of nitrogens with zero attached hydrogens (tertiary/aromatic N) is 2. The Morgan fingerprint density at radius 1 is 1.00 bits per heavy atom. The molecule has 3 rings (SSSR count). The van der Waals surface area contributed by atoms with Gasteiger partial charge in [0.15, 0.2) is 0 Å². The van der Waals surface area contributed by atoms with Gasteiger partial charge in [0.2, 0.25) is 10.0 Å². The molecular weight excluding hydrogens is 296 g/mol. The van der Waals surface area contributed by atoms with E-state index in [1.165, 1.54) is 31.2 Å². The molecule has 1 aromatic carbocycles. The highest BCUT2D eigenvalue weighted by Crippen LogP contribution is 2.26. The summed E-state index contributed by atoms with van der Waals surface area (Å²) >= 11 is 0. The molecule has 2 aliphatic rings. The Kier molecular flexibility index (Phi) is 4.85. The third kappa shape index (κ3) is 3.21. The van der Waals surface area contributed by atoms with Crippen LogP contribution >= 0.6 is 0 Å². The predicted molar refractivity (Wildman–Crippen MR) is 88.4 cm³/mol. The molecule has 0 bridgehead atoms. The van der Waals surface area contributed by atoms with Crippen molar-refractivity contribution in [2.45, 2.75) is 50.0 Å². The molecule has 1 aromatic rings. The van der Waals surface area contributed by atoms with Crippen molar-refractivity contribution in [1.29, 1.82) is 0 Å². The highest BCUT2D eigenvalue weighted by Gasteiger charge is 2.31. The summed E-state index contributed by atoms with van der Waals surface area (Å²) < 4.78 is 27.1. The van der Waals surface area contributed by atoms with Crippen LogP contribution in [0.25, 0.3) is 0 Å². The Labute approximate surface area is 134 Å². The molecule has 0 unspecified atom stereocenters. The average molecular weight is 322 g/mol. The fourth-order valence-corrected chi connectivity index (χ4v) is 5.05. The number of aryl methyl sites for hydroxylation is 1. The number of sulfonamides is 1. The van der Waals surface area contributed by atoms with Crippen LogP contribution in [0, 0.1) is 0 Å². The van der Waals surface area contributed by atoms with E-state index in [1.807, 2.05) is 12.1 Å². The number of benzene rings is 1. The first kappa shape index (κ1) is 16.0. The second-order valence-electron chi connectivity index (χ2n) is 6.38. The van der Waals surface area contributed by atoms with Crippen LogP contribution in [0.5, 0.6) is 0 Å². The summed E-state index contributed by atoms with van der Waals surface area (Å²) in [6, 6.07) is 8.02. The topological polar surface area (TPSA) is 40.6 Å². The number of hydrogen-bond acceptors (Lipinski definition) is 3. The van der Waals surface area contributed by atoms with E-state index >= 15 is 0 Å². The molecule has 0 N–H and O–H groups in total. The number of hydrogen-bond donors (Lipinski definition) is 0. The van der Waals surface area contributed by atoms with Gasteiger partial charge in [0, 0.05) is 32.2 Å². The minimum Gasteiger partial charge on any atom is -0.298 e. The van der Waals surface area contributed by atoms with Crippen LogP contribution in [0.4, 0.5) is 0 Å². The van der Waals surface area contributed by atoms with Gasteiger partial charge in [0.25, 0.3) is 0 Å². The van der Waals surface area contributed by atoms with Crippen LogP contribution in [0.1, 0.15) is 38.2 Å². The van der Waals surface area contributed by atoms with Crippen LogP contribution in [0.15, 0.2) is 29.2 Å². The highest BCUT2D eigenvalue weighted by molar-refractivity contribution is 7.89. The van der Waals surface area contributed by atoms with E-state index in [0.29, 0.717) is 24.0 Å². The van der Waals surface area contributed by atoms with E-state index in [9.17, 15) is 8.42 Å². The summed E-state index contributed by atoms with van der Waals surface area (Å²) in [7, 11) is -3.33. The molecule has 1 aliphatic carbocycles. The lowest BCUT2D eigenvalue weighted by Gasteiger charge is -2.37. The van der Waals surface area contributed by atoms with Crippen molar-refractivity contribution >= 4 is 10.0 Å². The molecule has 2 fully saturated rings. The van der Waals surface area contributed by atoms with Gasteiger partial charge in [-0.1, -0.05) is 31.9 Å². The summed E-state index contributed by atoms with van der Waals surface area (Å²) in [6.07, 6.45) is 6.15. The van der Waals surface area contributed by atoms with Crippen molar-refractivity contribution in [1.82, 2.24) is 9.21 Å². The van der Waals surface area contributed by atoms with Crippen molar-refractivity contribution in [2.24, 2.45) is 0 Å². The fraction of sp³-hybridized carbons (Fsp3) is 0.647. The van der Waals surface area contributed by atoms with Crippen molar-refractivity contribution in [2.75, 3.05) is 26.2 Å². The Morgan fingerprint density at radius 3 is 2.14 bits per heavy atom. The van der Waals surface area contributed by atoms with Crippen molar-refractivity contribution in [3.63, 3.8) is 0 Å². The number of piperazine rings is 1. The molecular formula is C17H26N2O2S. The van der Waals surface area contributed by atoms with E-state index in [0.717, 1.165) is 19.5 Å². The zero-order valence-electron chi connectivity index (χ0n) is 13.4. The third-order valence-corrected chi connectivity index (χ3v) is 7.00. The quantitative estimate of drug-likeness (QED) is 0.855. The van der Waals surface area contributed by atoms with Gasteiger partial charge in [-0.05, 0) is 37.0 Å². The molecule has 0 aromatic heterocycles. The van der Waals surface area contributed by atoms with Crippen molar-refractivity contribution in [3.05, 3.63) is 29.8 Å². The van der Waals surface area contributed by atoms with Crippen molar-refractivity contribution in [3.8, 4) is 0 Å². The fourth-order valence-electron chi connectivity index (χ4n) is 3.62. The summed E-state index contributed by atoms with van der Waals surface area (Å²) in [5, 5.41) is 0. The molecule has 122 valence electrons. The predicted octanol–water partition coefficient (Wildman–Crippen LogP) is 2.50. The summed E-state index contributed by atoms with van der Waals surface area (Å²) in [5.41, 5.74) is 1.17. The van der Waals surface area contributed by atoms with Crippen LogP contribution in [0.3, 0.4) is 0 Å². The van der Waals surface area contributed by atoms with Crippen LogP contribution in [0.2, 0.25) is 0 Å². The Bertz CT molecular complexity index is 584. The SMILES string of the molecule is CCc1ccc(S(=O)(=O)N2CCN(C3CCCC3)CC2)cc1. The monoisotopic (exact) mass is 322 g/mol. The van der Waals surface area contributed by atoms with Crippen molar-refractivity contribution < 1.29 is 8.42 Å². The Morgan fingerprint density at radius 2 is 1.59 bits per heavy atom. The minimum atomic E-state index is -3.33. The largest absolute Gasteiger partial charge is 0.298 e. The molecule has 22 heavy (non-hydrogen) atoms. The maximum atomic E-state index is 12.7. The van der Waals surface area contributed by atoms with E-state index in [4.69, 9.17) is 0 Å². The molecule has 1 heterocycles. The third-order valence-electron chi connectivity index (χ3n) is 5.08. The Hall–Kier alpha value is -0.910. The van der Waals surface area contributed by atoms with Gasteiger partial charge in [-0.2, -0.15) is 4.31 Å². The van der Waals surface area contributed by atoms with Gasteiger partial charge in [0.05, 0.1) is 4.90 Å². The molecule has 1 saturated carbocycles. The van der Waals surface area contributed by atoms with E-state index < -0.39 is 10.0 Å². The standard InChI is InChI=1S/C17H26N2O2S/c1-2-15-7-9-17(10-8-15)22(20,21)19-13-11-18(12-14-19)16-5-3-4-6-16/h7-10,16H,2-6,11-14H2,1H3. The van der Waals surface area contributed by atoms with Crippen LogP contribution in [-0.2, 0) is 16.4 Å². The van der Waals surface area contributed by atoms with E-state index in [2.05, 4.69) is 11.8 Å². The lowest BCUT2D eigenvalue weighted by molar-refractivity contribution is 0.139. The summed E-state index contributed by atoms with van der Waals surface area (Å²) in [5.74, 6) is 0. The average Bonchev–Trinajstić information content (AvgIpc) is 3.09. The first-order valence-electron chi connectivity index (χ1n) is 8.44. The maximum Gasteiger partial charge on any atom is 0.243 e. The van der Waals surface area contributed by atoms with Crippen LogP contribution < -0.4 is 0 Å². The normalized spacial score (nSPS) is 22.2. The molecule has 0 spiro atoms. The molecule has 0 amide bonds. The summed E-state index contributed by atoms with van der Waals surface area (Å²) in [4.78, 5) is 2.91. The first-order valence-corrected chi connectivity index (χ1v) is 9.88. The second-order valence-corrected chi connectivity index (χ2v) is 8.31. The van der Waals surface area contributed by atoms with E-state index in [-0.39, 0.29) is 0 Å². The van der Waals surface area contributed by atoms with Gasteiger partial charge < -0.3 is 0 Å².